The molecule has 0 saturated carbocycles. The first kappa shape index (κ1) is 19.9. The molecule has 0 fully saturated rings. The van der Waals surface area contributed by atoms with Crippen molar-refractivity contribution in [2.45, 2.75) is 45.2 Å². The highest BCUT2D eigenvalue weighted by molar-refractivity contribution is 7.99. The number of nitrogens with two attached hydrogens (primary N) is 1. The number of rotatable bonds is 8. The largest absolute Gasteiger partial charge is 0.369 e. The van der Waals surface area contributed by atoms with Gasteiger partial charge in [0.25, 0.3) is 0 Å². The summed E-state index contributed by atoms with van der Waals surface area (Å²) in [5.41, 5.74) is 9.79. The molecular formula is C19H24N4O2S. The standard InChI is InChI=1S/C19H24N4O2S/c1-4-14-5-7-15(8-6-14)23-18(25)10-9-16-12(2)21-19(22-13(16)3)26-11-17(20)24/h5-8H,4,9-11H2,1-3H3,(H2,20,24)(H,23,25). The van der Waals surface area contributed by atoms with E-state index in [1.807, 2.05) is 38.1 Å². The van der Waals surface area contributed by atoms with E-state index in [0.29, 0.717) is 18.0 Å². The lowest BCUT2D eigenvalue weighted by Gasteiger charge is -2.11. The van der Waals surface area contributed by atoms with Crippen molar-refractivity contribution in [2.75, 3.05) is 11.1 Å². The number of primary amides is 1. The highest BCUT2D eigenvalue weighted by Crippen LogP contribution is 2.19. The van der Waals surface area contributed by atoms with E-state index in [9.17, 15) is 9.59 Å². The Kier molecular flexibility index (Phi) is 7.15. The van der Waals surface area contributed by atoms with E-state index in [0.717, 1.165) is 29.1 Å². The average Bonchev–Trinajstić information content (AvgIpc) is 2.60. The first-order valence-electron chi connectivity index (χ1n) is 8.53. The summed E-state index contributed by atoms with van der Waals surface area (Å²) in [4.78, 5) is 31.9. The first-order chi connectivity index (χ1) is 12.4. The second-order valence-electron chi connectivity index (χ2n) is 6.01. The molecule has 0 radical (unpaired) electrons. The zero-order chi connectivity index (χ0) is 19.1. The van der Waals surface area contributed by atoms with Crippen molar-refractivity contribution in [3.8, 4) is 0 Å². The average molecular weight is 372 g/mol. The van der Waals surface area contributed by atoms with Gasteiger partial charge in [-0.15, -0.1) is 0 Å². The van der Waals surface area contributed by atoms with Crippen molar-refractivity contribution >= 4 is 29.3 Å². The summed E-state index contributed by atoms with van der Waals surface area (Å²) in [6.45, 7) is 5.87. The van der Waals surface area contributed by atoms with Crippen molar-refractivity contribution in [1.29, 1.82) is 0 Å². The number of aryl methyl sites for hydroxylation is 3. The van der Waals surface area contributed by atoms with Crippen LogP contribution >= 0.6 is 11.8 Å². The molecule has 0 aliphatic heterocycles. The number of carbonyl (C=O) groups is 2. The lowest BCUT2D eigenvalue weighted by atomic mass is 10.1. The maximum Gasteiger partial charge on any atom is 0.227 e. The number of thioether (sulfide) groups is 1. The summed E-state index contributed by atoms with van der Waals surface area (Å²) in [7, 11) is 0. The second kappa shape index (κ2) is 9.33. The fraction of sp³-hybridized carbons (Fsp3) is 0.368. The van der Waals surface area contributed by atoms with Gasteiger partial charge in [-0.25, -0.2) is 9.97 Å². The SMILES string of the molecule is CCc1ccc(NC(=O)CCc2c(C)nc(SCC(N)=O)nc2C)cc1. The molecule has 138 valence electrons. The molecule has 3 N–H and O–H groups in total. The third kappa shape index (κ3) is 5.84. The van der Waals surface area contributed by atoms with Crippen molar-refractivity contribution in [3.63, 3.8) is 0 Å². The highest BCUT2D eigenvalue weighted by atomic mass is 32.2. The predicted molar refractivity (Wildman–Crippen MR) is 104 cm³/mol. The molecule has 0 saturated heterocycles. The van der Waals surface area contributed by atoms with Crippen LogP contribution in [0.3, 0.4) is 0 Å². The van der Waals surface area contributed by atoms with Gasteiger partial charge < -0.3 is 11.1 Å². The molecule has 0 bridgehead atoms. The monoisotopic (exact) mass is 372 g/mol. The van der Waals surface area contributed by atoms with Crippen molar-refractivity contribution < 1.29 is 9.59 Å². The Morgan fingerprint density at radius 2 is 1.73 bits per heavy atom. The van der Waals surface area contributed by atoms with Gasteiger partial charge in [0.05, 0.1) is 5.75 Å². The molecule has 0 spiro atoms. The van der Waals surface area contributed by atoms with Crippen LogP contribution in [-0.4, -0.2) is 27.5 Å². The number of benzene rings is 1. The Bertz CT molecular complexity index is 768. The maximum absolute atomic E-state index is 12.2. The highest BCUT2D eigenvalue weighted by Gasteiger charge is 2.12. The fourth-order valence-corrected chi connectivity index (χ4v) is 3.23. The maximum atomic E-state index is 12.2. The minimum atomic E-state index is -0.401. The number of aromatic nitrogens is 2. The zero-order valence-electron chi connectivity index (χ0n) is 15.3. The number of amides is 2. The minimum absolute atomic E-state index is 0.0415. The van der Waals surface area contributed by atoms with Crippen LogP contribution in [0.25, 0.3) is 0 Å². The van der Waals surface area contributed by atoms with Gasteiger partial charge in [0.2, 0.25) is 11.8 Å². The Balaban J connectivity index is 1.95. The van der Waals surface area contributed by atoms with Crippen molar-refractivity contribution in [1.82, 2.24) is 9.97 Å². The molecule has 6 nitrogen and oxygen atoms in total. The Morgan fingerprint density at radius 1 is 1.12 bits per heavy atom. The molecule has 0 unspecified atom stereocenters. The van der Waals surface area contributed by atoms with Gasteiger partial charge >= 0.3 is 0 Å². The Hall–Kier alpha value is -2.41. The summed E-state index contributed by atoms with van der Waals surface area (Å²) in [5.74, 6) is -0.292. The predicted octanol–water partition coefficient (Wildman–Crippen LogP) is 2.80. The molecule has 2 aromatic rings. The van der Waals surface area contributed by atoms with Crippen LogP contribution in [0, 0.1) is 13.8 Å². The Morgan fingerprint density at radius 3 is 2.27 bits per heavy atom. The van der Waals surface area contributed by atoms with Gasteiger partial charge in [-0.3, -0.25) is 9.59 Å². The van der Waals surface area contributed by atoms with Crippen molar-refractivity contribution in [2.24, 2.45) is 5.73 Å². The summed E-state index contributed by atoms with van der Waals surface area (Å²) < 4.78 is 0. The number of carbonyl (C=O) groups excluding carboxylic acids is 2. The van der Waals surface area contributed by atoms with Gasteiger partial charge in [0.1, 0.15) is 0 Å². The zero-order valence-corrected chi connectivity index (χ0v) is 16.2. The molecule has 0 aliphatic rings. The van der Waals surface area contributed by atoms with E-state index >= 15 is 0 Å². The molecule has 2 amide bonds. The number of hydrogen-bond donors (Lipinski definition) is 2. The summed E-state index contributed by atoms with van der Waals surface area (Å²) in [6, 6.07) is 7.86. The van der Waals surface area contributed by atoms with E-state index in [4.69, 9.17) is 5.73 Å². The molecule has 0 aliphatic carbocycles. The lowest BCUT2D eigenvalue weighted by Crippen LogP contribution is -2.15. The molecule has 7 heteroatoms. The third-order valence-corrected chi connectivity index (χ3v) is 4.86. The number of hydrogen-bond acceptors (Lipinski definition) is 5. The molecule has 2 rings (SSSR count). The van der Waals surface area contributed by atoms with E-state index in [1.165, 1.54) is 17.3 Å². The van der Waals surface area contributed by atoms with E-state index < -0.39 is 5.91 Å². The lowest BCUT2D eigenvalue weighted by molar-refractivity contribution is -0.116. The molecular weight excluding hydrogens is 348 g/mol. The molecule has 0 atom stereocenters. The van der Waals surface area contributed by atoms with Crippen LogP contribution in [0.4, 0.5) is 5.69 Å². The Labute approximate surface area is 158 Å². The molecule has 1 heterocycles. The van der Waals surface area contributed by atoms with Gasteiger partial charge in [-0.1, -0.05) is 30.8 Å². The number of nitrogens with zero attached hydrogens (tertiary/aromatic N) is 2. The summed E-state index contributed by atoms with van der Waals surface area (Å²) >= 11 is 1.22. The minimum Gasteiger partial charge on any atom is -0.369 e. The summed E-state index contributed by atoms with van der Waals surface area (Å²) in [5, 5.41) is 3.44. The topological polar surface area (TPSA) is 98.0 Å². The molecule has 1 aromatic carbocycles. The summed E-state index contributed by atoms with van der Waals surface area (Å²) in [6.07, 6.45) is 1.89. The van der Waals surface area contributed by atoms with Crippen LogP contribution in [0.15, 0.2) is 29.4 Å². The van der Waals surface area contributed by atoms with Gasteiger partial charge in [0, 0.05) is 23.5 Å². The van der Waals surface area contributed by atoms with Crippen LogP contribution in [0.5, 0.6) is 0 Å². The number of nitrogens with one attached hydrogen (secondary N) is 1. The van der Waals surface area contributed by atoms with Crippen LogP contribution in [-0.2, 0) is 22.4 Å². The van der Waals surface area contributed by atoms with E-state index in [1.54, 1.807) is 0 Å². The van der Waals surface area contributed by atoms with E-state index in [-0.39, 0.29) is 11.7 Å². The van der Waals surface area contributed by atoms with Gasteiger partial charge in [-0.05, 0) is 49.9 Å². The van der Waals surface area contributed by atoms with E-state index in [2.05, 4.69) is 22.2 Å². The van der Waals surface area contributed by atoms with Gasteiger partial charge in [-0.2, -0.15) is 0 Å². The van der Waals surface area contributed by atoms with Gasteiger partial charge in [0.15, 0.2) is 5.16 Å². The second-order valence-corrected chi connectivity index (χ2v) is 6.95. The third-order valence-electron chi connectivity index (χ3n) is 3.99. The van der Waals surface area contributed by atoms with Crippen LogP contribution < -0.4 is 11.1 Å². The first-order valence-corrected chi connectivity index (χ1v) is 9.51. The van der Waals surface area contributed by atoms with Crippen LogP contribution in [0.1, 0.15) is 35.9 Å². The van der Waals surface area contributed by atoms with Crippen molar-refractivity contribution in [3.05, 3.63) is 46.8 Å². The van der Waals surface area contributed by atoms with Crippen LogP contribution in [0.2, 0.25) is 0 Å². The number of anilines is 1. The smallest absolute Gasteiger partial charge is 0.227 e. The quantitative estimate of drug-likeness (QED) is 0.548. The molecule has 1 aromatic heterocycles. The fourth-order valence-electron chi connectivity index (χ4n) is 2.56. The normalized spacial score (nSPS) is 10.6. The molecule has 26 heavy (non-hydrogen) atoms.